The molecular weight excluding hydrogens is 248 g/mol. The standard InChI is InChI=1S/C14H26O5/c1-6-17-12(14(16)19-9-11(4)5)7-13(15)18-8-10(2)3/h10-12H,6-9H2,1-5H3/t12-/m1/s1. The summed E-state index contributed by atoms with van der Waals surface area (Å²) in [6.07, 6.45) is -0.972. The highest BCUT2D eigenvalue weighted by Gasteiger charge is 2.25. The van der Waals surface area contributed by atoms with Crippen LogP contribution in [0.3, 0.4) is 0 Å². The van der Waals surface area contributed by atoms with Crippen LogP contribution < -0.4 is 0 Å². The zero-order valence-electron chi connectivity index (χ0n) is 12.6. The molecule has 0 aliphatic rings. The van der Waals surface area contributed by atoms with Crippen molar-refractivity contribution >= 4 is 11.9 Å². The third kappa shape index (κ3) is 9.47. The van der Waals surface area contributed by atoms with E-state index in [0.29, 0.717) is 19.8 Å². The van der Waals surface area contributed by atoms with Crippen LogP contribution in [-0.4, -0.2) is 37.9 Å². The van der Waals surface area contributed by atoms with Crippen molar-refractivity contribution in [2.24, 2.45) is 11.8 Å². The van der Waals surface area contributed by atoms with Gasteiger partial charge in [-0.2, -0.15) is 0 Å². The molecule has 0 aromatic rings. The van der Waals surface area contributed by atoms with Gasteiger partial charge in [0.2, 0.25) is 0 Å². The Morgan fingerprint density at radius 3 is 1.95 bits per heavy atom. The summed E-state index contributed by atoms with van der Waals surface area (Å²) in [5.41, 5.74) is 0. The average molecular weight is 274 g/mol. The molecule has 112 valence electrons. The van der Waals surface area contributed by atoms with Gasteiger partial charge in [-0.25, -0.2) is 4.79 Å². The fourth-order valence-electron chi connectivity index (χ4n) is 1.22. The van der Waals surface area contributed by atoms with Crippen LogP contribution in [0.25, 0.3) is 0 Å². The molecule has 0 aromatic carbocycles. The number of hydrogen-bond donors (Lipinski definition) is 0. The summed E-state index contributed by atoms with van der Waals surface area (Å²) in [4.78, 5) is 23.3. The Morgan fingerprint density at radius 1 is 0.947 bits per heavy atom. The molecule has 0 saturated heterocycles. The van der Waals surface area contributed by atoms with E-state index in [9.17, 15) is 9.59 Å². The molecule has 0 aromatic heterocycles. The zero-order chi connectivity index (χ0) is 14.8. The van der Waals surface area contributed by atoms with E-state index in [2.05, 4.69) is 0 Å². The van der Waals surface area contributed by atoms with E-state index in [1.165, 1.54) is 0 Å². The van der Waals surface area contributed by atoms with Crippen molar-refractivity contribution in [1.82, 2.24) is 0 Å². The first-order chi connectivity index (χ1) is 8.86. The Kier molecular flexibility index (Phi) is 9.21. The van der Waals surface area contributed by atoms with Crippen LogP contribution in [0.4, 0.5) is 0 Å². The van der Waals surface area contributed by atoms with Crippen molar-refractivity contribution in [3.63, 3.8) is 0 Å². The monoisotopic (exact) mass is 274 g/mol. The lowest BCUT2D eigenvalue weighted by molar-refractivity contribution is -0.164. The van der Waals surface area contributed by atoms with Crippen molar-refractivity contribution in [2.75, 3.05) is 19.8 Å². The molecule has 0 amide bonds. The summed E-state index contributed by atoms with van der Waals surface area (Å²) in [5.74, 6) is -0.424. The van der Waals surface area contributed by atoms with Gasteiger partial charge in [0, 0.05) is 6.61 Å². The molecule has 0 radical (unpaired) electrons. The molecular formula is C14H26O5. The van der Waals surface area contributed by atoms with Crippen molar-refractivity contribution in [1.29, 1.82) is 0 Å². The summed E-state index contributed by atoms with van der Waals surface area (Å²) in [6.45, 7) is 10.6. The van der Waals surface area contributed by atoms with E-state index >= 15 is 0 Å². The molecule has 0 spiro atoms. The van der Waals surface area contributed by atoms with E-state index in [-0.39, 0.29) is 18.3 Å². The Hall–Kier alpha value is -1.10. The largest absolute Gasteiger partial charge is 0.465 e. The lowest BCUT2D eigenvalue weighted by Crippen LogP contribution is -2.31. The third-order valence-electron chi connectivity index (χ3n) is 2.12. The first-order valence-corrected chi connectivity index (χ1v) is 6.80. The molecule has 0 N–H and O–H groups in total. The van der Waals surface area contributed by atoms with Crippen LogP contribution >= 0.6 is 0 Å². The van der Waals surface area contributed by atoms with Crippen molar-refractivity contribution < 1.29 is 23.8 Å². The van der Waals surface area contributed by atoms with Gasteiger partial charge in [0.1, 0.15) is 0 Å². The van der Waals surface area contributed by atoms with Gasteiger partial charge in [0.05, 0.1) is 19.6 Å². The number of ether oxygens (including phenoxy) is 3. The summed E-state index contributed by atoms with van der Waals surface area (Å²) in [5, 5.41) is 0. The molecule has 5 heteroatoms. The van der Waals surface area contributed by atoms with Gasteiger partial charge >= 0.3 is 11.9 Å². The van der Waals surface area contributed by atoms with Crippen LogP contribution in [0.1, 0.15) is 41.0 Å². The predicted octanol–water partition coefficient (Wildman–Crippen LogP) is 2.18. The lowest BCUT2D eigenvalue weighted by Gasteiger charge is -2.16. The second-order valence-electron chi connectivity index (χ2n) is 5.25. The van der Waals surface area contributed by atoms with E-state index in [1.807, 2.05) is 27.7 Å². The van der Waals surface area contributed by atoms with Crippen molar-refractivity contribution in [2.45, 2.75) is 47.1 Å². The van der Waals surface area contributed by atoms with Gasteiger partial charge in [-0.1, -0.05) is 27.7 Å². The number of esters is 2. The number of carbonyl (C=O) groups is 2. The van der Waals surface area contributed by atoms with Gasteiger partial charge in [-0.15, -0.1) is 0 Å². The highest BCUT2D eigenvalue weighted by Crippen LogP contribution is 2.06. The second kappa shape index (κ2) is 9.78. The lowest BCUT2D eigenvalue weighted by atomic mass is 10.2. The maximum absolute atomic E-state index is 11.8. The second-order valence-corrected chi connectivity index (χ2v) is 5.25. The minimum absolute atomic E-state index is 0.0997. The van der Waals surface area contributed by atoms with Crippen LogP contribution in [0, 0.1) is 11.8 Å². The molecule has 1 atom stereocenters. The Labute approximate surface area is 115 Å². The predicted molar refractivity (Wildman–Crippen MR) is 71.6 cm³/mol. The topological polar surface area (TPSA) is 61.8 Å². The highest BCUT2D eigenvalue weighted by molar-refractivity contribution is 5.81. The zero-order valence-corrected chi connectivity index (χ0v) is 12.6. The van der Waals surface area contributed by atoms with Gasteiger partial charge < -0.3 is 14.2 Å². The molecule has 0 aliphatic heterocycles. The molecule has 0 unspecified atom stereocenters. The maximum Gasteiger partial charge on any atom is 0.335 e. The molecule has 0 aliphatic carbocycles. The van der Waals surface area contributed by atoms with Crippen molar-refractivity contribution in [3.8, 4) is 0 Å². The number of rotatable bonds is 9. The molecule has 0 bridgehead atoms. The third-order valence-corrected chi connectivity index (χ3v) is 2.12. The van der Waals surface area contributed by atoms with Crippen LogP contribution in [0.5, 0.6) is 0 Å². The Balaban J connectivity index is 4.23. The molecule has 5 nitrogen and oxygen atoms in total. The number of carbonyl (C=O) groups excluding carboxylic acids is 2. The molecule has 0 saturated carbocycles. The normalized spacial score (nSPS) is 12.6. The van der Waals surface area contributed by atoms with Crippen LogP contribution in [0.15, 0.2) is 0 Å². The first kappa shape index (κ1) is 17.9. The van der Waals surface area contributed by atoms with Crippen LogP contribution in [0.2, 0.25) is 0 Å². The first-order valence-electron chi connectivity index (χ1n) is 6.80. The van der Waals surface area contributed by atoms with Gasteiger partial charge in [-0.3, -0.25) is 4.79 Å². The van der Waals surface area contributed by atoms with E-state index in [4.69, 9.17) is 14.2 Å². The average Bonchev–Trinajstić information content (AvgIpc) is 2.32. The summed E-state index contributed by atoms with van der Waals surface area (Å²) >= 11 is 0. The number of hydrogen-bond acceptors (Lipinski definition) is 5. The van der Waals surface area contributed by atoms with E-state index in [0.717, 1.165) is 0 Å². The van der Waals surface area contributed by atoms with Crippen molar-refractivity contribution in [3.05, 3.63) is 0 Å². The summed E-state index contributed by atoms with van der Waals surface area (Å²) in [7, 11) is 0. The van der Waals surface area contributed by atoms with E-state index < -0.39 is 18.0 Å². The Morgan fingerprint density at radius 2 is 1.47 bits per heavy atom. The van der Waals surface area contributed by atoms with Crippen LogP contribution in [-0.2, 0) is 23.8 Å². The molecule has 0 heterocycles. The SMILES string of the molecule is CCO[C@H](CC(=O)OCC(C)C)C(=O)OCC(C)C. The highest BCUT2D eigenvalue weighted by atomic mass is 16.6. The molecule has 0 fully saturated rings. The van der Waals surface area contributed by atoms with Gasteiger partial charge in [0.15, 0.2) is 6.10 Å². The minimum atomic E-state index is -0.872. The minimum Gasteiger partial charge on any atom is -0.465 e. The molecule has 19 heavy (non-hydrogen) atoms. The van der Waals surface area contributed by atoms with Gasteiger partial charge in [0.25, 0.3) is 0 Å². The van der Waals surface area contributed by atoms with Gasteiger partial charge in [-0.05, 0) is 18.8 Å². The maximum atomic E-state index is 11.8. The quantitative estimate of drug-likeness (QED) is 0.603. The fourth-order valence-corrected chi connectivity index (χ4v) is 1.22. The summed E-state index contributed by atoms with van der Waals surface area (Å²) in [6, 6.07) is 0. The van der Waals surface area contributed by atoms with E-state index in [1.54, 1.807) is 6.92 Å². The smallest absolute Gasteiger partial charge is 0.335 e. The molecule has 0 rings (SSSR count). The summed E-state index contributed by atoms with van der Waals surface area (Å²) < 4.78 is 15.3. The fraction of sp³-hybridized carbons (Fsp3) is 0.857. The Bertz CT molecular complexity index is 273.